The number of hydrogen-bond acceptors (Lipinski definition) is 4. The van der Waals surface area contributed by atoms with Crippen molar-refractivity contribution in [3.63, 3.8) is 0 Å². The van der Waals surface area contributed by atoms with Crippen LogP contribution in [0.4, 0.5) is 5.82 Å². The van der Waals surface area contributed by atoms with E-state index in [0.29, 0.717) is 5.82 Å². The van der Waals surface area contributed by atoms with E-state index in [0.717, 1.165) is 72.7 Å². The summed E-state index contributed by atoms with van der Waals surface area (Å²) in [6, 6.07) is 9.00. The Hall–Kier alpha value is -2.66. The van der Waals surface area contributed by atoms with Gasteiger partial charge in [-0.1, -0.05) is 82.9 Å². The van der Waals surface area contributed by atoms with Gasteiger partial charge in [-0.15, -0.1) is 0 Å². The molecule has 5 heteroatoms. The molecule has 0 amide bonds. The number of fused-ring (bicyclic) bond motifs is 1. The molecule has 2 aromatic heterocycles. The highest BCUT2D eigenvalue weighted by Gasteiger charge is 2.16. The fraction of sp³-hybridized carbons (Fsp3) is 0.517. The number of pyridine rings is 1. The van der Waals surface area contributed by atoms with Crippen LogP contribution in [0.1, 0.15) is 89.6 Å². The van der Waals surface area contributed by atoms with Crippen LogP contribution in [0.5, 0.6) is 0 Å². The second-order valence-corrected chi connectivity index (χ2v) is 9.17. The lowest BCUT2D eigenvalue weighted by molar-refractivity contribution is 0.598. The molecule has 0 saturated carbocycles. The zero-order chi connectivity index (χ0) is 24.3. The number of benzene rings is 1. The maximum Gasteiger partial charge on any atom is 0.152 e. The highest BCUT2D eigenvalue weighted by molar-refractivity contribution is 5.86. The average Bonchev–Trinajstić information content (AvgIpc) is 3.20. The van der Waals surface area contributed by atoms with Crippen LogP contribution in [0, 0.1) is 0 Å². The molecular formula is C29H43N5. The van der Waals surface area contributed by atoms with Crippen LogP contribution in [0.3, 0.4) is 0 Å². The van der Waals surface area contributed by atoms with Gasteiger partial charge < -0.3 is 15.6 Å². The van der Waals surface area contributed by atoms with E-state index in [2.05, 4.69) is 79.0 Å². The van der Waals surface area contributed by atoms with E-state index < -0.39 is 0 Å². The van der Waals surface area contributed by atoms with Crippen LogP contribution in [0.2, 0.25) is 0 Å². The van der Waals surface area contributed by atoms with Crippen molar-refractivity contribution < 1.29 is 0 Å². The van der Waals surface area contributed by atoms with Crippen LogP contribution < -0.4 is 21.6 Å². The number of nitrogens with two attached hydrogens (primary N) is 1. The molecule has 34 heavy (non-hydrogen) atoms. The summed E-state index contributed by atoms with van der Waals surface area (Å²) < 4.78 is 2.37. The van der Waals surface area contributed by atoms with Gasteiger partial charge in [0.05, 0.1) is 10.9 Å². The Kier molecular flexibility index (Phi) is 10.1. The van der Waals surface area contributed by atoms with E-state index in [1.165, 1.54) is 36.8 Å². The number of rotatable bonds is 13. The molecule has 3 N–H and O–H groups in total. The Balaban J connectivity index is 1.89. The van der Waals surface area contributed by atoms with Crippen LogP contribution >= 0.6 is 0 Å². The van der Waals surface area contributed by atoms with Crippen molar-refractivity contribution in [2.45, 2.75) is 92.2 Å². The second-order valence-electron chi connectivity index (χ2n) is 9.17. The monoisotopic (exact) mass is 461 g/mol. The van der Waals surface area contributed by atoms with Crippen molar-refractivity contribution in [1.29, 1.82) is 0 Å². The van der Waals surface area contributed by atoms with Gasteiger partial charge in [-0.2, -0.15) is 0 Å². The molecule has 1 aromatic carbocycles. The van der Waals surface area contributed by atoms with Crippen LogP contribution in [-0.4, -0.2) is 21.1 Å². The third-order valence-corrected chi connectivity index (χ3v) is 6.40. The van der Waals surface area contributed by atoms with Crippen molar-refractivity contribution in [2.24, 2.45) is 0 Å². The quantitative estimate of drug-likeness (QED) is 0.349. The number of nitrogen functional groups attached to an aromatic ring is 1. The molecule has 0 bridgehead atoms. The molecule has 184 valence electrons. The Morgan fingerprint density at radius 2 is 1.68 bits per heavy atom. The zero-order valence-corrected chi connectivity index (χ0v) is 21.7. The second kappa shape index (κ2) is 13.3. The normalized spacial score (nSPS) is 12.8. The molecule has 0 fully saturated rings. The summed E-state index contributed by atoms with van der Waals surface area (Å²) in [6.45, 7) is 11.5. The number of unbranched alkanes of at least 4 members (excludes halogenated alkanes) is 4. The minimum atomic E-state index is 0.525. The molecule has 0 atom stereocenters. The lowest BCUT2D eigenvalue weighted by Crippen LogP contribution is -2.31. The van der Waals surface area contributed by atoms with Crippen LogP contribution in [0.25, 0.3) is 23.2 Å². The Labute approximate surface area is 205 Å². The van der Waals surface area contributed by atoms with Gasteiger partial charge in [0, 0.05) is 24.7 Å². The SMILES string of the molecule is C/C=c1\c(=C/CC)nc(N)c2nc(CCCC)n(Cc3ccc(CNCCCCCC)cc3)c12. The molecule has 0 saturated heterocycles. The fourth-order valence-corrected chi connectivity index (χ4v) is 4.50. The summed E-state index contributed by atoms with van der Waals surface area (Å²) in [5, 5.41) is 5.66. The van der Waals surface area contributed by atoms with Crippen molar-refractivity contribution >= 4 is 29.0 Å². The molecule has 0 unspecified atom stereocenters. The van der Waals surface area contributed by atoms with Gasteiger partial charge in [0.25, 0.3) is 0 Å². The molecule has 5 nitrogen and oxygen atoms in total. The van der Waals surface area contributed by atoms with Gasteiger partial charge in [0.15, 0.2) is 5.82 Å². The summed E-state index contributed by atoms with van der Waals surface area (Å²) in [6.07, 6.45) is 13.6. The first kappa shape index (κ1) is 26.0. The summed E-state index contributed by atoms with van der Waals surface area (Å²) in [4.78, 5) is 9.65. The molecule has 0 aliphatic carbocycles. The van der Waals surface area contributed by atoms with Gasteiger partial charge in [-0.3, -0.25) is 0 Å². The van der Waals surface area contributed by atoms with E-state index in [-0.39, 0.29) is 0 Å². The fourth-order valence-electron chi connectivity index (χ4n) is 4.50. The highest BCUT2D eigenvalue weighted by atomic mass is 15.1. The molecule has 0 radical (unpaired) electrons. The largest absolute Gasteiger partial charge is 0.382 e. The predicted molar refractivity (Wildman–Crippen MR) is 146 cm³/mol. The molecular weight excluding hydrogens is 418 g/mol. The van der Waals surface area contributed by atoms with Crippen molar-refractivity contribution in [3.8, 4) is 0 Å². The van der Waals surface area contributed by atoms with Crippen LogP contribution in [0.15, 0.2) is 24.3 Å². The van der Waals surface area contributed by atoms with Gasteiger partial charge in [0.2, 0.25) is 0 Å². The number of imidazole rings is 1. The summed E-state index contributed by atoms with van der Waals surface area (Å²) in [5.41, 5.74) is 10.9. The minimum Gasteiger partial charge on any atom is -0.382 e. The molecule has 2 heterocycles. The van der Waals surface area contributed by atoms with E-state index in [1.807, 2.05) is 0 Å². The first-order valence-corrected chi connectivity index (χ1v) is 13.2. The Bertz CT molecular complexity index is 1160. The van der Waals surface area contributed by atoms with E-state index in [1.54, 1.807) is 0 Å². The maximum atomic E-state index is 6.39. The molecule has 3 aromatic rings. The number of hydrogen-bond donors (Lipinski definition) is 2. The number of nitrogens with one attached hydrogen (secondary N) is 1. The van der Waals surface area contributed by atoms with Gasteiger partial charge in [-0.05, 0) is 43.9 Å². The molecule has 0 spiro atoms. The van der Waals surface area contributed by atoms with Crippen LogP contribution in [-0.2, 0) is 19.5 Å². The topological polar surface area (TPSA) is 68.8 Å². The Morgan fingerprint density at radius 1 is 0.941 bits per heavy atom. The summed E-state index contributed by atoms with van der Waals surface area (Å²) >= 11 is 0. The zero-order valence-electron chi connectivity index (χ0n) is 21.7. The minimum absolute atomic E-state index is 0.525. The Morgan fingerprint density at radius 3 is 2.35 bits per heavy atom. The number of aryl methyl sites for hydroxylation is 1. The smallest absolute Gasteiger partial charge is 0.152 e. The highest BCUT2D eigenvalue weighted by Crippen LogP contribution is 2.20. The van der Waals surface area contributed by atoms with Crippen molar-refractivity contribution in [2.75, 3.05) is 12.3 Å². The van der Waals surface area contributed by atoms with Crippen molar-refractivity contribution in [3.05, 3.63) is 51.8 Å². The number of anilines is 1. The lowest BCUT2D eigenvalue weighted by atomic mass is 10.1. The van der Waals surface area contributed by atoms with Crippen molar-refractivity contribution in [1.82, 2.24) is 19.9 Å². The first-order chi connectivity index (χ1) is 16.6. The third kappa shape index (κ3) is 6.47. The third-order valence-electron chi connectivity index (χ3n) is 6.40. The summed E-state index contributed by atoms with van der Waals surface area (Å²) in [7, 11) is 0. The first-order valence-electron chi connectivity index (χ1n) is 13.2. The average molecular weight is 462 g/mol. The van der Waals surface area contributed by atoms with E-state index >= 15 is 0 Å². The van der Waals surface area contributed by atoms with Gasteiger partial charge in [0.1, 0.15) is 11.3 Å². The van der Waals surface area contributed by atoms with Gasteiger partial charge >= 0.3 is 0 Å². The molecule has 3 rings (SSSR count). The predicted octanol–water partition coefficient (Wildman–Crippen LogP) is 5.07. The van der Waals surface area contributed by atoms with Gasteiger partial charge in [-0.25, -0.2) is 9.97 Å². The molecule has 0 aliphatic rings. The van der Waals surface area contributed by atoms with E-state index in [9.17, 15) is 0 Å². The number of aromatic nitrogens is 3. The number of nitrogens with zero attached hydrogens (tertiary/aromatic N) is 3. The summed E-state index contributed by atoms with van der Waals surface area (Å²) in [5.74, 6) is 1.62. The van der Waals surface area contributed by atoms with E-state index in [4.69, 9.17) is 10.7 Å². The maximum absolute atomic E-state index is 6.39. The lowest BCUT2D eigenvalue weighted by Gasteiger charge is -2.11. The standard InChI is InChI=1S/C29H43N5/c1-5-9-11-12-19-31-20-22-15-17-23(18-16-22)21-34-26(14-10-6-2)33-27-28(34)24(8-4)25(13-7-3)32-29(27)30/h8,13,15-18,31H,5-7,9-12,14,19-21H2,1-4H3,(H2,30,32)/b24-8+,25-13+. The molecule has 0 aliphatic heterocycles.